The minimum absolute atomic E-state index is 0.0274. The van der Waals surface area contributed by atoms with E-state index in [4.69, 9.17) is 0 Å². The Hall–Kier alpha value is -1.34. The van der Waals surface area contributed by atoms with Crippen LogP contribution >= 0.6 is 0 Å². The van der Waals surface area contributed by atoms with Crippen LogP contribution in [-0.2, 0) is 14.8 Å². The highest BCUT2D eigenvalue weighted by Crippen LogP contribution is 2.34. The lowest BCUT2D eigenvalue weighted by Crippen LogP contribution is -2.46. The highest BCUT2D eigenvalue weighted by Gasteiger charge is 2.35. The van der Waals surface area contributed by atoms with Crippen molar-refractivity contribution < 1.29 is 22.0 Å². The number of carbonyl (C=O) groups is 1. The standard InChI is InChI=1S/C15H19F2NO3S/c1-22(20,21)18-6-3-2-4-15(18)14(5-7-19)11-8-12(16)10-13(17)9-11/h7-10,14-15H,2-6H2,1H3/t14?,15-/m1/s1. The Kier molecular flexibility index (Phi) is 5.28. The molecule has 1 aromatic carbocycles. The number of halogens is 2. The summed E-state index contributed by atoms with van der Waals surface area (Å²) in [5.41, 5.74) is 0.324. The molecule has 1 aliphatic rings. The molecule has 1 saturated heterocycles. The Bertz CT molecular complexity index is 628. The molecule has 7 heteroatoms. The normalized spacial score (nSPS) is 21.5. The number of nitrogens with zero attached hydrogens (tertiary/aromatic N) is 1. The van der Waals surface area contributed by atoms with Crippen molar-refractivity contribution in [1.82, 2.24) is 4.31 Å². The van der Waals surface area contributed by atoms with Crippen LogP contribution in [0.2, 0.25) is 0 Å². The van der Waals surface area contributed by atoms with E-state index in [1.165, 1.54) is 16.4 Å². The van der Waals surface area contributed by atoms with Crippen LogP contribution in [-0.4, -0.2) is 37.9 Å². The quantitative estimate of drug-likeness (QED) is 0.779. The average molecular weight is 331 g/mol. The van der Waals surface area contributed by atoms with Crippen molar-refractivity contribution >= 4 is 16.3 Å². The molecular formula is C15H19F2NO3S. The highest BCUT2D eigenvalue weighted by atomic mass is 32.2. The molecule has 0 spiro atoms. The van der Waals surface area contributed by atoms with Gasteiger partial charge in [0.1, 0.15) is 17.9 Å². The van der Waals surface area contributed by atoms with E-state index in [0.717, 1.165) is 25.2 Å². The monoisotopic (exact) mass is 331 g/mol. The molecule has 1 fully saturated rings. The smallest absolute Gasteiger partial charge is 0.211 e. The van der Waals surface area contributed by atoms with E-state index in [9.17, 15) is 22.0 Å². The van der Waals surface area contributed by atoms with E-state index in [2.05, 4.69) is 0 Å². The van der Waals surface area contributed by atoms with Gasteiger partial charge >= 0.3 is 0 Å². The Morgan fingerprint density at radius 2 is 1.91 bits per heavy atom. The summed E-state index contributed by atoms with van der Waals surface area (Å²) in [4.78, 5) is 11.0. The van der Waals surface area contributed by atoms with Crippen LogP contribution in [0.15, 0.2) is 18.2 Å². The van der Waals surface area contributed by atoms with Crippen molar-refractivity contribution in [2.45, 2.75) is 37.6 Å². The van der Waals surface area contributed by atoms with E-state index >= 15 is 0 Å². The molecule has 0 amide bonds. The van der Waals surface area contributed by atoms with Gasteiger partial charge in [-0.15, -0.1) is 0 Å². The molecule has 22 heavy (non-hydrogen) atoms. The van der Waals surface area contributed by atoms with Crippen LogP contribution in [0.5, 0.6) is 0 Å². The SMILES string of the molecule is CS(=O)(=O)N1CCCC[C@@H]1C(CC=O)c1cc(F)cc(F)c1. The number of piperidine rings is 1. The van der Waals surface area contributed by atoms with E-state index in [1.807, 2.05) is 0 Å². The second kappa shape index (κ2) is 6.83. The molecule has 4 nitrogen and oxygen atoms in total. The van der Waals surface area contributed by atoms with E-state index in [0.29, 0.717) is 24.8 Å². The van der Waals surface area contributed by atoms with Gasteiger partial charge < -0.3 is 4.79 Å². The Morgan fingerprint density at radius 1 is 1.27 bits per heavy atom. The Labute approximate surface area is 129 Å². The van der Waals surface area contributed by atoms with Crippen molar-refractivity contribution in [3.63, 3.8) is 0 Å². The molecule has 1 aliphatic heterocycles. The van der Waals surface area contributed by atoms with Crippen molar-refractivity contribution in [2.24, 2.45) is 0 Å². The lowest BCUT2D eigenvalue weighted by atomic mass is 9.84. The first-order valence-electron chi connectivity index (χ1n) is 7.19. The number of carbonyl (C=O) groups excluding carboxylic acids is 1. The first kappa shape index (κ1) is 17.0. The molecule has 0 bridgehead atoms. The maximum atomic E-state index is 13.5. The van der Waals surface area contributed by atoms with Crippen LogP contribution in [0.4, 0.5) is 8.78 Å². The zero-order valence-corrected chi connectivity index (χ0v) is 13.2. The zero-order valence-electron chi connectivity index (χ0n) is 12.3. The van der Waals surface area contributed by atoms with E-state index < -0.39 is 33.6 Å². The van der Waals surface area contributed by atoms with Gasteiger partial charge in [-0.05, 0) is 30.5 Å². The van der Waals surface area contributed by atoms with Crippen molar-refractivity contribution in [3.8, 4) is 0 Å². The van der Waals surface area contributed by atoms with Gasteiger partial charge in [0.25, 0.3) is 0 Å². The van der Waals surface area contributed by atoms with Crippen LogP contribution in [0.3, 0.4) is 0 Å². The maximum absolute atomic E-state index is 13.5. The molecule has 0 N–H and O–H groups in total. The van der Waals surface area contributed by atoms with E-state index in [1.54, 1.807) is 0 Å². The number of hydrogen-bond acceptors (Lipinski definition) is 3. The van der Waals surface area contributed by atoms with Crippen molar-refractivity contribution in [1.29, 1.82) is 0 Å². The second-order valence-electron chi connectivity index (χ2n) is 5.65. The van der Waals surface area contributed by atoms with Gasteiger partial charge in [-0.25, -0.2) is 17.2 Å². The minimum Gasteiger partial charge on any atom is -0.303 e. The van der Waals surface area contributed by atoms with E-state index in [-0.39, 0.29) is 6.42 Å². The highest BCUT2D eigenvalue weighted by molar-refractivity contribution is 7.88. The fraction of sp³-hybridized carbons (Fsp3) is 0.533. The number of rotatable bonds is 5. The van der Waals surface area contributed by atoms with Gasteiger partial charge in [0.05, 0.1) is 6.26 Å². The van der Waals surface area contributed by atoms with Gasteiger partial charge in [-0.1, -0.05) is 6.42 Å². The van der Waals surface area contributed by atoms with Gasteiger partial charge in [-0.2, -0.15) is 4.31 Å². The van der Waals surface area contributed by atoms with Gasteiger partial charge in [-0.3, -0.25) is 0 Å². The lowest BCUT2D eigenvalue weighted by Gasteiger charge is -2.38. The van der Waals surface area contributed by atoms with Crippen molar-refractivity contribution in [3.05, 3.63) is 35.4 Å². The first-order valence-corrected chi connectivity index (χ1v) is 9.04. The van der Waals surface area contributed by atoms with Crippen LogP contribution in [0.25, 0.3) is 0 Å². The Balaban J connectivity index is 2.42. The number of hydrogen-bond donors (Lipinski definition) is 0. The third-order valence-corrected chi connectivity index (χ3v) is 5.36. The van der Waals surface area contributed by atoms with Crippen molar-refractivity contribution in [2.75, 3.05) is 12.8 Å². The topological polar surface area (TPSA) is 54.5 Å². The molecule has 1 unspecified atom stereocenters. The van der Waals surface area contributed by atoms with Gasteiger partial charge in [0.15, 0.2) is 0 Å². The molecule has 0 aromatic heterocycles. The Morgan fingerprint density at radius 3 is 2.45 bits per heavy atom. The summed E-state index contributed by atoms with van der Waals surface area (Å²) in [7, 11) is -3.44. The number of aldehydes is 1. The fourth-order valence-corrected chi connectivity index (χ4v) is 4.36. The summed E-state index contributed by atoms with van der Waals surface area (Å²) in [5.74, 6) is -2.00. The molecule has 0 aliphatic carbocycles. The third-order valence-electron chi connectivity index (χ3n) is 4.05. The molecular weight excluding hydrogens is 312 g/mol. The summed E-state index contributed by atoms with van der Waals surface area (Å²) in [6, 6.07) is 2.66. The predicted molar refractivity (Wildman–Crippen MR) is 79.0 cm³/mol. The molecule has 122 valence electrons. The summed E-state index contributed by atoms with van der Waals surface area (Å²) < 4.78 is 52.2. The number of benzene rings is 1. The summed E-state index contributed by atoms with van der Waals surface area (Å²) in [5, 5.41) is 0. The molecule has 2 atom stereocenters. The van der Waals surface area contributed by atoms with Crippen LogP contribution < -0.4 is 0 Å². The van der Waals surface area contributed by atoms with Gasteiger partial charge in [0, 0.05) is 31.0 Å². The molecule has 1 aromatic rings. The number of sulfonamides is 1. The maximum Gasteiger partial charge on any atom is 0.211 e. The van der Waals surface area contributed by atoms with Crippen LogP contribution in [0.1, 0.15) is 37.2 Å². The second-order valence-corrected chi connectivity index (χ2v) is 7.58. The van der Waals surface area contributed by atoms with Gasteiger partial charge in [0.2, 0.25) is 10.0 Å². The lowest BCUT2D eigenvalue weighted by molar-refractivity contribution is -0.108. The summed E-state index contributed by atoms with van der Waals surface area (Å²) in [6.07, 6.45) is 3.96. The predicted octanol–water partition coefficient (Wildman–Crippen LogP) is 2.45. The third kappa shape index (κ3) is 3.89. The summed E-state index contributed by atoms with van der Waals surface area (Å²) in [6.45, 7) is 0.372. The fourth-order valence-electron chi connectivity index (χ4n) is 3.15. The zero-order chi connectivity index (χ0) is 16.3. The largest absolute Gasteiger partial charge is 0.303 e. The molecule has 0 saturated carbocycles. The minimum atomic E-state index is -3.44. The molecule has 1 heterocycles. The average Bonchev–Trinajstić information content (AvgIpc) is 2.42. The summed E-state index contributed by atoms with van der Waals surface area (Å²) >= 11 is 0. The molecule has 2 rings (SSSR count). The van der Waals surface area contributed by atoms with Crippen LogP contribution in [0, 0.1) is 11.6 Å². The molecule has 0 radical (unpaired) electrons. The first-order chi connectivity index (χ1) is 10.3.